The molecule has 1 aromatic carbocycles. The summed E-state index contributed by atoms with van der Waals surface area (Å²) in [5, 5.41) is 8.86. The summed E-state index contributed by atoms with van der Waals surface area (Å²) in [5.74, 6) is -1.18. The van der Waals surface area contributed by atoms with Crippen molar-refractivity contribution in [3.8, 4) is 0 Å². The molecule has 0 aliphatic rings. The van der Waals surface area contributed by atoms with Gasteiger partial charge in [-0.1, -0.05) is 0 Å². The molecule has 5 nitrogen and oxygen atoms in total. The molecule has 0 amide bonds. The SMILES string of the molecule is CN(C)S(=O)(=O)c1ccc(Br)c(C(=O)O)c1. The molecule has 7 heteroatoms. The Hall–Kier alpha value is -0.920. The topological polar surface area (TPSA) is 74.7 Å². The molecule has 0 radical (unpaired) electrons. The van der Waals surface area contributed by atoms with Gasteiger partial charge < -0.3 is 5.11 Å². The van der Waals surface area contributed by atoms with E-state index in [0.29, 0.717) is 4.47 Å². The summed E-state index contributed by atoms with van der Waals surface area (Å²) in [7, 11) is -0.827. The van der Waals surface area contributed by atoms with E-state index < -0.39 is 16.0 Å². The predicted molar refractivity (Wildman–Crippen MR) is 62.0 cm³/mol. The Morgan fingerprint density at radius 2 is 1.94 bits per heavy atom. The van der Waals surface area contributed by atoms with Gasteiger partial charge in [0.2, 0.25) is 10.0 Å². The highest BCUT2D eigenvalue weighted by Gasteiger charge is 2.20. The number of benzene rings is 1. The number of rotatable bonds is 3. The molecule has 0 aromatic heterocycles. The van der Waals surface area contributed by atoms with Gasteiger partial charge in [0.15, 0.2) is 0 Å². The van der Waals surface area contributed by atoms with Gasteiger partial charge in [0.1, 0.15) is 0 Å². The van der Waals surface area contributed by atoms with Gasteiger partial charge in [0.25, 0.3) is 0 Å². The lowest BCUT2D eigenvalue weighted by molar-refractivity contribution is 0.0695. The van der Waals surface area contributed by atoms with E-state index in [1.807, 2.05) is 0 Å². The van der Waals surface area contributed by atoms with Crippen LogP contribution in [0.5, 0.6) is 0 Å². The van der Waals surface area contributed by atoms with Crippen LogP contribution in [0.3, 0.4) is 0 Å². The van der Waals surface area contributed by atoms with Crippen LogP contribution >= 0.6 is 15.9 Å². The van der Waals surface area contributed by atoms with E-state index in [1.54, 1.807) is 0 Å². The monoisotopic (exact) mass is 307 g/mol. The van der Waals surface area contributed by atoms with Crippen LogP contribution in [0.15, 0.2) is 27.6 Å². The fourth-order valence-corrected chi connectivity index (χ4v) is 2.38. The molecule has 0 spiro atoms. The number of carboxylic acid groups (broad SMARTS) is 1. The first-order chi connectivity index (χ1) is 7.26. The lowest BCUT2D eigenvalue weighted by Gasteiger charge is -2.12. The van der Waals surface area contributed by atoms with Crippen molar-refractivity contribution in [2.75, 3.05) is 14.1 Å². The van der Waals surface area contributed by atoms with Crippen molar-refractivity contribution in [1.82, 2.24) is 4.31 Å². The highest BCUT2D eigenvalue weighted by molar-refractivity contribution is 9.10. The molecule has 0 heterocycles. The maximum Gasteiger partial charge on any atom is 0.336 e. The molecule has 0 unspecified atom stereocenters. The number of carboxylic acids is 1. The van der Waals surface area contributed by atoms with Crippen molar-refractivity contribution in [2.24, 2.45) is 0 Å². The van der Waals surface area contributed by atoms with E-state index in [9.17, 15) is 13.2 Å². The number of halogens is 1. The average Bonchev–Trinajstić information content (AvgIpc) is 2.17. The summed E-state index contributed by atoms with van der Waals surface area (Å²) in [6, 6.07) is 3.88. The van der Waals surface area contributed by atoms with E-state index >= 15 is 0 Å². The number of carbonyl (C=O) groups is 1. The minimum atomic E-state index is -3.60. The van der Waals surface area contributed by atoms with Crippen molar-refractivity contribution in [3.05, 3.63) is 28.2 Å². The molecule has 0 saturated carbocycles. The molecular formula is C9H10BrNO4S. The van der Waals surface area contributed by atoms with Gasteiger partial charge >= 0.3 is 5.97 Å². The van der Waals surface area contributed by atoms with Crippen LogP contribution in [0.1, 0.15) is 10.4 Å². The molecule has 0 aliphatic heterocycles. The van der Waals surface area contributed by atoms with E-state index in [1.165, 1.54) is 26.2 Å². The Labute approximate surface area is 102 Å². The average molecular weight is 308 g/mol. The van der Waals surface area contributed by atoms with Crippen molar-refractivity contribution >= 4 is 31.9 Å². The van der Waals surface area contributed by atoms with Crippen LogP contribution in [0.4, 0.5) is 0 Å². The highest BCUT2D eigenvalue weighted by Crippen LogP contribution is 2.22. The van der Waals surface area contributed by atoms with Gasteiger partial charge in [0, 0.05) is 18.6 Å². The molecule has 0 fully saturated rings. The predicted octanol–water partition coefficient (Wildman–Crippen LogP) is 1.40. The first-order valence-corrected chi connectivity index (χ1v) is 6.45. The van der Waals surface area contributed by atoms with Gasteiger partial charge in [-0.2, -0.15) is 0 Å². The third kappa shape index (κ3) is 2.42. The second-order valence-corrected chi connectivity index (χ2v) is 6.24. The van der Waals surface area contributed by atoms with E-state index in [2.05, 4.69) is 15.9 Å². The van der Waals surface area contributed by atoms with E-state index in [-0.39, 0.29) is 10.5 Å². The quantitative estimate of drug-likeness (QED) is 0.916. The van der Waals surface area contributed by atoms with Gasteiger partial charge in [-0.25, -0.2) is 17.5 Å². The molecule has 1 aromatic rings. The third-order valence-electron chi connectivity index (χ3n) is 1.95. The van der Waals surface area contributed by atoms with Crippen LogP contribution in [0, 0.1) is 0 Å². The first-order valence-electron chi connectivity index (χ1n) is 4.22. The van der Waals surface area contributed by atoms with Crippen LogP contribution in [-0.2, 0) is 10.0 Å². The van der Waals surface area contributed by atoms with Crippen LogP contribution < -0.4 is 0 Å². The summed E-state index contributed by atoms with van der Waals surface area (Å²) in [6.45, 7) is 0. The third-order valence-corrected chi connectivity index (χ3v) is 4.45. The minimum Gasteiger partial charge on any atom is -0.478 e. The summed E-state index contributed by atoms with van der Waals surface area (Å²) in [5.41, 5.74) is -0.0806. The number of hydrogen-bond donors (Lipinski definition) is 1. The largest absolute Gasteiger partial charge is 0.478 e. The van der Waals surface area contributed by atoms with Gasteiger partial charge in [-0.3, -0.25) is 0 Å². The second kappa shape index (κ2) is 4.52. The number of aromatic carboxylic acids is 1. The molecular weight excluding hydrogens is 298 g/mol. The molecule has 16 heavy (non-hydrogen) atoms. The normalized spacial score (nSPS) is 11.8. The lowest BCUT2D eigenvalue weighted by atomic mass is 10.2. The molecule has 0 aliphatic carbocycles. The van der Waals surface area contributed by atoms with Crippen LogP contribution in [-0.4, -0.2) is 37.9 Å². The standard InChI is InChI=1S/C9H10BrNO4S/c1-11(2)16(14,15)6-3-4-8(10)7(5-6)9(12)13/h3-5H,1-2H3,(H,12,13). The fraction of sp³-hybridized carbons (Fsp3) is 0.222. The second-order valence-electron chi connectivity index (χ2n) is 3.23. The molecule has 1 N–H and O–H groups in total. The summed E-state index contributed by atoms with van der Waals surface area (Å²) in [4.78, 5) is 10.8. The molecule has 0 bridgehead atoms. The molecule has 0 saturated heterocycles. The van der Waals surface area contributed by atoms with Crippen LogP contribution in [0.2, 0.25) is 0 Å². The highest BCUT2D eigenvalue weighted by atomic mass is 79.9. The number of sulfonamides is 1. The Balaban J connectivity index is 3.40. The summed E-state index contributed by atoms with van der Waals surface area (Å²) in [6.07, 6.45) is 0. The zero-order valence-electron chi connectivity index (χ0n) is 8.64. The zero-order valence-corrected chi connectivity index (χ0v) is 11.0. The molecule has 0 atom stereocenters. The maximum absolute atomic E-state index is 11.7. The molecule has 1 rings (SSSR count). The fourth-order valence-electron chi connectivity index (χ4n) is 1.04. The van der Waals surface area contributed by atoms with Gasteiger partial charge in [0.05, 0.1) is 10.5 Å². The van der Waals surface area contributed by atoms with Crippen molar-refractivity contribution < 1.29 is 18.3 Å². The molecule has 88 valence electrons. The summed E-state index contributed by atoms with van der Waals surface area (Å²) < 4.78 is 24.8. The van der Waals surface area contributed by atoms with Crippen molar-refractivity contribution in [1.29, 1.82) is 0 Å². The van der Waals surface area contributed by atoms with Gasteiger partial charge in [-0.15, -0.1) is 0 Å². The number of hydrogen-bond acceptors (Lipinski definition) is 3. The number of nitrogens with zero attached hydrogens (tertiary/aromatic N) is 1. The van der Waals surface area contributed by atoms with E-state index in [4.69, 9.17) is 5.11 Å². The maximum atomic E-state index is 11.7. The smallest absolute Gasteiger partial charge is 0.336 e. The van der Waals surface area contributed by atoms with Crippen molar-refractivity contribution in [2.45, 2.75) is 4.90 Å². The Kier molecular flexibility index (Phi) is 3.72. The van der Waals surface area contributed by atoms with Crippen LogP contribution in [0.25, 0.3) is 0 Å². The summed E-state index contributed by atoms with van der Waals surface area (Å²) >= 11 is 3.05. The Bertz CT molecular complexity index is 524. The lowest BCUT2D eigenvalue weighted by Crippen LogP contribution is -2.22. The van der Waals surface area contributed by atoms with Crippen molar-refractivity contribution in [3.63, 3.8) is 0 Å². The van der Waals surface area contributed by atoms with Gasteiger partial charge in [-0.05, 0) is 34.1 Å². The Morgan fingerprint density at radius 3 is 2.38 bits per heavy atom. The first kappa shape index (κ1) is 13.1. The minimum absolute atomic E-state index is 0.0434. The Morgan fingerprint density at radius 1 is 1.38 bits per heavy atom. The van der Waals surface area contributed by atoms with E-state index in [0.717, 1.165) is 10.4 Å². The zero-order chi connectivity index (χ0) is 12.5.